The second-order valence-electron chi connectivity index (χ2n) is 3.49. The van der Waals surface area contributed by atoms with Crippen molar-refractivity contribution in [3.05, 3.63) is 35.4 Å². The molecule has 0 saturated carbocycles. The molecule has 0 atom stereocenters. The van der Waals surface area contributed by atoms with E-state index in [2.05, 4.69) is 11.1 Å². The first-order valence-electron chi connectivity index (χ1n) is 4.84. The van der Waals surface area contributed by atoms with Crippen LogP contribution in [-0.4, -0.2) is 15.9 Å². The van der Waals surface area contributed by atoms with Crippen molar-refractivity contribution >= 4 is 5.52 Å². The summed E-state index contributed by atoms with van der Waals surface area (Å²) in [4.78, 5) is 4.26. The first-order chi connectivity index (χ1) is 7.26. The van der Waals surface area contributed by atoms with E-state index in [1.807, 2.05) is 29.7 Å². The van der Waals surface area contributed by atoms with E-state index >= 15 is 0 Å². The van der Waals surface area contributed by atoms with Crippen LogP contribution in [0.1, 0.15) is 17.1 Å². The van der Waals surface area contributed by atoms with E-state index in [-0.39, 0.29) is 0 Å². The summed E-state index contributed by atoms with van der Waals surface area (Å²) in [6, 6.07) is 5.99. The van der Waals surface area contributed by atoms with Crippen LogP contribution >= 0.6 is 0 Å². The minimum Gasteiger partial charge on any atom is -0.330 e. The number of nitrogens with two attached hydrogens (primary N) is 1. The molecule has 15 heavy (non-hydrogen) atoms. The predicted octanol–water partition coefficient (Wildman–Crippen LogP) is 1.02. The van der Waals surface area contributed by atoms with Crippen LogP contribution in [0, 0.1) is 18.3 Å². The molecule has 2 heterocycles. The summed E-state index contributed by atoms with van der Waals surface area (Å²) < 4.78 is 1.95. The fraction of sp³-hybridized carbons (Fsp3) is 0.273. The Labute approximate surface area is 88.0 Å². The summed E-state index contributed by atoms with van der Waals surface area (Å²) in [6.07, 6.45) is 2.67. The van der Waals surface area contributed by atoms with Gasteiger partial charge in [0.2, 0.25) is 0 Å². The molecule has 0 fully saturated rings. The molecule has 2 aromatic rings. The van der Waals surface area contributed by atoms with Crippen LogP contribution < -0.4 is 5.73 Å². The van der Waals surface area contributed by atoms with Gasteiger partial charge in [0, 0.05) is 12.6 Å². The fourth-order valence-electron chi connectivity index (χ4n) is 1.64. The van der Waals surface area contributed by atoms with Crippen molar-refractivity contribution in [2.75, 3.05) is 6.54 Å². The van der Waals surface area contributed by atoms with E-state index in [9.17, 15) is 0 Å². The van der Waals surface area contributed by atoms with Crippen molar-refractivity contribution < 1.29 is 0 Å². The van der Waals surface area contributed by atoms with Crippen LogP contribution in [-0.2, 0) is 6.42 Å². The van der Waals surface area contributed by atoms with Crippen LogP contribution in [0.2, 0.25) is 0 Å². The zero-order valence-electron chi connectivity index (χ0n) is 8.57. The number of nitriles is 1. The van der Waals surface area contributed by atoms with E-state index in [4.69, 9.17) is 11.0 Å². The summed E-state index contributed by atoms with van der Waals surface area (Å²) in [7, 11) is 0. The highest BCUT2D eigenvalue weighted by atomic mass is 15.0. The molecule has 4 heteroatoms. The number of nitrogens with zero attached hydrogens (tertiary/aromatic N) is 3. The van der Waals surface area contributed by atoms with Crippen molar-refractivity contribution in [2.45, 2.75) is 13.3 Å². The lowest BCUT2D eigenvalue weighted by atomic mass is 10.3. The second kappa shape index (κ2) is 3.71. The molecule has 2 aromatic heterocycles. The summed E-state index contributed by atoms with van der Waals surface area (Å²) in [5.41, 5.74) is 7.97. The molecular weight excluding hydrogens is 188 g/mol. The quantitative estimate of drug-likeness (QED) is 0.786. The maximum atomic E-state index is 8.93. The standard InChI is InChI=1S/C11H12N4/c1-8-2-3-10-9(6-13)14-11(4-5-12)15(10)7-8/h2-3,7H,4-5,12H2,1H3. The van der Waals surface area contributed by atoms with Gasteiger partial charge in [0.25, 0.3) is 0 Å². The molecule has 2 N–H and O–H groups in total. The highest BCUT2D eigenvalue weighted by molar-refractivity contribution is 5.59. The van der Waals surface area contributed by atoms with Gasteiger partial charge < -0.3 is 10.1 Å². The lowest BCUT2D eigenvalue weighted by molar-refractivity contribution is 0.860. The van der Waals surface area contributed by atoms with Crippen LogP contribution in [0.3, 0.4) is 0 Å². The van der Waals surface area contributed by atoms with E-state index in [1.165, 1.54) is 0 Å². The van der Waals surface area contributed by atoms with Crippen molar-refractivity contribution in [2.24, 2.45) is 5.73 Å². The van der Waals surface area contributed by atoms with Crippen molar-refractivity contribution in [3.63, 3.8) is 0 Å². The molecule has 0 aliphatic carbocycles. The van der Waals surface area contributed by atoms with Gasteiger partial charge in [-0.2, -0.15) is 5.26 Å². The van der Waals surface area contributed by atoms with Gasteiger partial charge in [0.1, 0.15) is 11.9 Å². The van der Waals surface area contributed by atoms with Gasteiger partial charge in [-0.05, 0) is 25.1 Å². The van der Waals surface area contributed by atoms with Crippen LogP contribution in [0.25, 0.3) is 5.52 Å². The van der Waals surface area contributed by atoms with Gasteiger partial charge in [-0.3, -0.25) is 0 Å². The van der Waals surface area contributed by atoms with Crippen LogP contribution in [0.4, 0.5) is 0 Å². The minimum atomic E-state index is 0.471. The summed E-state index contributed by atoms with van der Waals surface area (Å²) in [5.74, 6) is 0.854. The number of rotatable bonds is 2. The number of hydrogen-bond donors (Lipinski definition) is 1. The SMILES string of the molecule is Cc1ccc2c(C#N)nc(CCN)n2c1. The van der Waals surface area contributed by atoms with Crippen LogP contribution in [0.15, 0.2) is 18.3 Å². The summed E-state index contributed by atoms with van der Waals surface area (Å²) >= 11 is 0. The Morgan fingerprint density at radius 1 is 1.53 bits per heavy atom. The van der Waals surface area contributed by atoms with Gasteiger partial charge in [0.15, 0.2) is 5.69 Å². The summed E-state index contributed by atoms with van der Waals surface area (Å²) in [5, 5.41) is 8.93. The monoisotopic (exact) mass is 200 g/mol. The third kappa shape index (κ3) is 1.58. The lowest BCUT2D eigenvalue weighted by Crippen LogP contribution is -2.06. The van der Waals surface area contributed by atoms with Crippen molar-refractivity contribution in [1.82, 2.24) is 9.38 Å². The van der Waals surface area contributed by atoms with Gasteiger partial charge >= 0.3 is 0 Å². The molecule has 0 unspecified atom stereocenters. The van der Waals surface area contributed by atoms with Gasteiger partial charge in [-0.1, -0.05) is 6.07 Å². The maximum Gasteiger partial charge on any atom is 0.166 e. The normalized spacial score (nSPS) is 10.5. The number of imidazole rings is 1. The van der Waals surface area contributed by atoms with E-state index in [0.29, 0.717) is 18.7 Å². The van der Waals surface area contributed by atoms with Crippen molar-refractivity contribution in [1.29, 1.82) is 5.26 Å². The zero-order chi connectivity index (χ0) is 10.8. The first-order valence-corrected chi connectivity index (χ1v) is 4.84. The third-order valence-corrected chi connectivity index (χ3v) is 2.33. The average Bonchev–Trinajstić information content (AvgIpc) is 2.57. The number of aryl methyl sites for hydroxylation is 1. The molecule has 0 aromatic carbocycles. The van der Waals surface area contributed by atoms with Crippen molar-refractivity contribution in [3.8, 4) is 6.07 Å². The number of pyridine rings is 1. The number of hydrogen-bond acceptors (Lipinski definition) is 3. The van der Waals surface area contributed by atoms with E-state index in [0.717, 1.165) is 16.9 Å². The Morgan fingerprint density at radius 2 is 2.33 bits per heavy atom. The molecule has 76 valence electrons. The summed E-state index contributed by atoms with van der Waals surface area (Å²) in [6.45, 7) is 2.55. The largest absolute Gasteiger partial charge is 0.330 e. The number of fused-ring (bicyclic) bond motifs is 1. The van der Waals surface area contributed by atoms with Gasteiger partial charge in [-0.15, -0.1) is 0 Å². The smallest absolute Gasteiger partial charge is 0.166 e. The van der Waals surface area contributed by atoms with E-state index < -0.39 is 0 Å². The fourth-order valence-corrected chi connectivity index (χ4v) is 1.64. The second-order valence-corrected chi connectivity index (χ2v) is 3.49. The Kier molecular flexibility index (Phi) is 2.40. The molecule has 0 spiro atoms. The molecule has 4 nitrogen and oxygen atoms in total. The Hall–Kier alpha value is -1.86. The first kappa shape index (κ1) is 9.69. The molecule has 0 amide bonds. The molecule has 0 aliphatic rings. The topological polar surface area (TPSA) is 67.1 Å². The Morgan fingerprint density at radius 3 is 3.00 bits per heavy atom. The maximum absolute atomic E-state index is 8.93. The molecular formula is C11H12N4. The van der Waals surface area contributed by atoms with Gasteiger partial charge in [-0.25, -0.2) is 4.98 Å². The highest BCUT2D eigenvalue weighted by Crippen LogP contribution is 2.14. The zero-order valence-corrected chi connectivity index (χ0v) is 8.57. The molecule has 0 radical (unpaired) electrons. The van der Waals surface area contributed by atoms with E-state index in [1.54, 1.807) is 0 Å². The minimum absolute atomic E-state index is 0.471. The molecule has 0 aliphatic heterocycles. The Balaban J connectivity index is 2.71. The third-order valence-electron chi connectivity index (χ3n) is 2.33. The number of aromatic nitrogens is 2. The Bertz CT molecular complexity index is 533. The highest BCUT2D eigenvalue weighted by Gasteiger charge is 2.09. The predicted molar refractivity (Wildman–Crippen MR) is 57.4 cm³/mol. The average molecular weight is 200 g/mol. The van der Waals surface area contributed by atoms with Gasteiger partial charge in [0.05, 0.1) is 5.52 Å². The molecule has 2 rings (SSSR count). The van der Waals surface area contributed by atoms with Crippen LogP contribution in [0.5, 0.6) is 0 Å². The lowest BCUT2D eigenvalue weighted by Gasteiger charge is -2.00. The molecule has 0 bridgehead atoms. The molecule has 0 saturated heterocycles.